The van der Waals surface area contributed by atoms with Crippen LogP contribution >= 0.6 is 0 Å². The van der Waals surface area contributed by atoms with E-state index in [1.165, 1.54) is 4.90 Å². The van der Waals surface area contributed by atoms with Gasteiger partial charge in [0.2, 0.25) is 18.6 Å². The normalized spacial score (nSPS) is 19.9. The number of hydrogen-bond acceptors (Lipinski definition) is 4. The van der Waals surface area contributed by atoms with Gasteiger partial charge in [-0.3, -0.25) is 9.59 Å². The quantitative estimate of drug-likeness (QED) is 0.464. The Bertz CT molecular complexity index is 638. The summed E-state index contributed by atoms with van der Waals surface area (Å²) < 4.78 is 10.5. The lowest BCUT2D eigenvalue weighted by molar-refractivity contribution is -0.123. The van der Waals surface area contributed by atoms with Gasteiger partial charge < -0.3 is 14.4 Å². The van der Waals surface area contributed by atoms with Gasteiger partial charge in [0.25, 0.3) is 0 Å². The highest BCUT2D eigenvalue weighted by molar-refractivity contribution is 6.00. The minimum Gasteiger partial charge on any atom is -0.454 e. The molecule has 1 fully saturated rings. The number of anilines is 1. The van der Waals surface area contributed by atoms with E-state index in [0.29, 0.717) is 17.2 Å². The standard InChI is InChI=1S/C12H10N4O4/c13-15-14-12(18)7-3-11(17)16(5-7)8-1-2-9-10(4-8)20-6-19-9/h1-2,4,7H,3,5-6H2. The Morgan fingerprint density at radius 2 is 2.20 bits per heavy atom. The zero-order chi connectivity index (χ0) is 14.1. The van der Waals surface area contributed by atoms with Crippen molar-refractivity contribution in [2.45, 2.75) is 6.42 Å². The van der Waals surface area contributed by atoms with E-state index in [0.717, 1.165) is 0 Å². The Balaban J connectivity index is 1.82. The summed E-state index contributed by atoms with van der Waals surface area (Å²) in [6.07, 6.45) is 0.0479. The molecule has 0 bridgehead atoms. The molecule has 1 atom stereocenters. The number of amides is 2. The van der Waals surface area contributed by atoms with Crippen molar-refractivity contribution >= 4 is 17.5 Å². The second kappa shape index (κ2) is 4.75. The molecule has 0 aliphatic carbocycles. The molecular weight excluding hydrogens is 264 g/mol. The van der Waals surface area contributed by atoms with Crippen LogP contribution in [0.4, 0.5) is 5.69 Å². The maximum absolute atomic E-state index is 12.0. The molecule has 1 unspecified atom stereocenters. The summed E-state index contributed by atoms with van der Waals surface area (Å²) in [6.45, 7) is 0.362. The smallest absolute Gasteiger partial charge is 0.231 e. The lowest BCUT2D eigenvalue weighted by Gasteiger charge is -2.16. The van der Waals surface area contributed by atoms with Crippen LogP contribution in [0.15, 0.2) is 23.3 Å². The third kappa shape index (κ3) is 2.02. The first-order valence-corrected chi connectivity index (χ1v) is 5.98. The van der Waals surface area contributed by atoms with E-state index in [9.17, 15) is 9.59 Å². The van der Waals surface area contributed by atoms with E-state index >= 15 is 0 Å². The highest BCUT2D eigenvalue weighted by Gasteiger charge is 2.35. The number of rotatable bonds is 2. The van der Waals surface area contributed by atoms with E-state index in [1.54, 1.807) is 18.2 Å². The topological polar surface area (TPSA) is 105 Å². The molecule has 0 aromatic heterocycles. The number of fused-ring (bicyclic) bond motifs is 1. The number of ether oxygens (including phenoxy) is 2. The van der Waals surface area contributed by atoms with Gasteiger partial charge in [-0.25, -0.2) is 0 Å². The summed E-state index contributed by atoms with van der Waals surface area (Å²) in [6, 6.07) is 5.14. The van der Waals surface area contributed by atoms with Crippen LogP contribution in [0.25, 0.3) is 10.4 Å². The molecule has 2 aliphatic heterocycles. The van der Waals surface area contributed by atoms with Crippen LogP contribution < -0.4 is 14.4 Å². The van der Waals surface area contributed by atoms with Gasteiger partial charge in [0.1, 0.15) is 0 Å². The first-order valence-electron chi connectivity index (χ1n) is 5.98. The van der Waals surface area contributed by atoms with Crippen molar-refractivity contribution < 1.29 is 19.1 Å². The molecule has 8 nitrogen and oxygen atoms in total. The van der Waals surface area contributed by atoms with Gasteiger partial charge in [0.05, 0.1) is 5.92 Å². The van der Waals surface area contributed by atoms with Gasteiger partial charge in [-0.1, -0.05) is 0 Å². The largest absolute Gasteiger partial charge is 0.454 e. The Kier molecular flexibility index (Phi) is 2.92. The number of carbonyl (C=O) groups is 2. The Hall–Kier alpha value is -2.73. The second-order valence-corrected chi connectivity index (χ2v) is 4.47. The molecule has 20 heavy (non-hydrogen) atoms. The third-order valence-electron chi connectivity index (χ3n) is 3.29. The fourth-order valence-corrected chi connectivity index (χ4v) is 2.30. The molecule has 2 heterocycles. The highest BCUT2D eigenvalue weighted by atomic mass is 16.7. The van der Waals surface area contributed by atoms with Gasteiger partial charge >= 0.3 is 0 Å². The fraction of sp³-hybridized carbons (Fsp3) is 0.333. The zero-order valence-electron chi connectivity index (χ0n) is 10.4. The lowest BCUT2D eigenvalue weighted by Crippen LogP contribution is -2.25. The van der Waals surface area contributed by atoms with Crippen LogP contribution in [-0.4, -0.2) is 25.2 Å². The molecule has 0 N–H and O–H groups in total. The minimum atomic E-state index is -0.607. The molecule has 0 spiro atoms. The van der Waals surface area contributed by atoms with Crippen molar-refractivity contribution in [2.24, 2.45) is 11.0 Å². The molecule has 8 heteroatoms. The molecule has 0 saturated carbocycles. The molecule has 3 rings (SSSR count). The van der Waals surface area contributed by atoms with Crippen LogP contribution in [0, 0.1) is 5.92 Å². The van der Waals surface area contributed by atoms with Crippen molar-refractivity contribution in [3.05, 3.63) is 28.6 Å². The molecule has 1 aromatic carbocycles. The summed E-state index contributed by atoms with van der Waals surface area (Å²) in [5.41, 5.74) is 8.89. The average molecular weight is 274 g/mol. The number of nitrogens with zero attached hydrogens (tertiary/aromatic N) is 4. The second-order valence-electron chi connectivity index (χ2n) is 4.47. The Morgan fingerprint density at radius 3 is 3.00 bits per heavy atom. The summed E-state index contributed by atoms with van der Waals surface area (Å²) in [5, 5.41) is 3.05. The Morgan fingerprint density at radius 1 is 1.40 bits per heavy atom. The Labute approximate surface area is 113 Å². The van der Waals surface area contributed by atoms with Gasteiger partial charge in [0, 0.05) is 29.6 Å². The molecule has 102 valence electrons. The van der Waals surface area contributed by atoms with Crippen molar-refractivity contribution in [3.8, 4) is 11.5 Å². The molecule has 1 saturated heterocycles. The SMILES string of the molecule is [N-]=[N+]=NC(=O)C1CC(=O)N(c2ccc3c(c2)OCO3)C1. The monoisotopic (exact) mass is 274 g/mol. The predicted octanol–water partition coefficient (Wildman–Crippen LogP) is 1.61. The van der Waals surface area contributed by atoms with E-state index in [-0.39, 0.29) is 25.7 Å². The minimum absolute atomic E-state index is 0.0479. The van der Waals surface area contributed by atoms with Crippen molar-refractivity contribution in [2.75, 3.05) is 18.2 Å². The zero-order valence-corrected chi connectivity index (χ0v) is 10.4. The van der Waals surface area contributed by atoms with E-state index in [2.05, 4.69) is 10.0 Å². The summed E-state index contributed by atoms with van der Waals surface area (Å²) >= 11 is 0. The van der Waals surface area contributed by atoms with Crippen molar-refractivity contribution in [3.63, 3.8) is 0 Å². The van der Waals surface area contributed by atoms with Crippen LogP contribution in [0.5, 0.6) is 11.5 Å². The predicted molar refractivity (Wildman–Crippen MR) is 67.2 cm³/mol. The van der Waals surface area contributed by atoms with E-state index < -0.39 is 11.8 Å². The van der Waals surface area contributed by atoms with Crippen LogP contribution in [0.1, 0.15) is 6.42 Å². The highest BCUT2D eigenvalue weighted by Crippen LogP contribution is 2.37. The van der Waals surface area contributed by atoms with E-state index in [1.807, 2.05) is 0 Å². The van der Waals surface area contributed by atoms with Crippen LogP contribution in [-0.2, 0) is 9.59 Å². The van der Waals surface area contributed by atoms with Crippen LogP contribution in [0.3, 0.4) is 0 Å². The first-order chi connectivity index (χ1) is 9.69. The fourth-order valence-electron chi connectivity index (χ4n) is 2.30. The van der Waals surface area contributed by atoms with Gasteiger partial charge in [-0.2, -0.15) is 0 Å². The first kappa shape index (κ1) is 12.3. The maximum atomic E-state index is 12.0. The summed E-state index contributed by atoms with van der Waals surface area (Å²) in [4.78, 5) is 27.4. The van der Waals surface area contributed by atoms with Crippen molar-refractivity contribution in [1.82, 2.24) is 0 Å². The average Bonchev–Trinajstić information content (AvgIpc) is 3.04. The van der Waals surface area contributed by atoms with Crippen LogP contribution in [0.2, 0.25) is 0 Å². The summed E-state index contributed by atoms with van der Waals surface area (Å²) in [7, 11) is 0. The molecule has 1 aromatic rings. The third-order valence-corrected chi connectivity index (χ3v) is 3.29. The van der Waals surface area contributed by atoms with Gasteiger partial charge in [-0.05, 0) is 22.8 Å². The maximum Gasteiger partial charge on any atom is 0.231 e. The lowest BCUT2D eigenvalue weighted by atomic mass is 10.1. The molecular formula is C12H10N4O4. The van der Waals surface area contributed by atoms with Crippen molar-refractivity contribution in [1.29, 1.82) is 0 Å². The number of carbonyl (C=O) groups excluding carboxylic acids is 2. The van der Waals surface area contributed by atoms with Gasteiger partial charge in [0.15, 0.2) is 11.5 Å². The molecule has 0 radical (unpaired) electrons. The molecule has 2 amide bonds. The summed E-state index contributed by atoms with van der Waals surface area (Å²) in [5.74, 6) is -0.189. The number of benzene rings is 1. The number of azide groups is 1. The van der Waals surface area contributed by atoms with Gasteiger partial charge in [-0.15, -0.1) is 0 Å². The van der Waals surface area contributed by atoms with E-state index in [4.69, 9.17) is 15.0 Å². The number of hydrogen-bond donors (Lipinski definition) is 0. The molecule has 2 aliphatic rings.